The van der Waals surface area contributed by atoms with Crippen molar-refractivity contribution in [2.75, 3.05) is 5.32 Å². The second-order valence-corrected chi connectivity index (χ2v) is 9.37. The highest BCUT2D eigenvalue weighted by Gasteiger charge is 2.34. The van der Waals surface area contributed by atoms with Crippen molar-refractivity contribution in [3.8, 4) is 5.00 Å². The molecule has 0 saturated carbocycles. The molecule has 1 aliphatic heterocycles. The average molecular weight is 420 g/mol. The molecule has 0 unspecified atom stereocenters. The maximum Gasteiger partial charge on any atom is 0.322 e. The van der Waals surface area contributed by atoms with Crippen molar-refractivity contribution in [3.63, 3.8) is 0 Å². The largest absolute Gasteiger partial charge is 0.322 e. The summed E-state index contributed by atoms with van der Waals surface area (Å²) in [6, 6.07) is 12.5. The molecule has 0 radical (unpaired) electrons. The minimum absolute atomic E-state index is 0.000825. The van der Waals surface area contributed by atoms with E-state index in [0.717, 1.165) is 24.9 Å². The van der Waals surface area contributed by atoms with Crippen LogP contribution in [0.2, 0.25) is 0 Å². The molecule has 2 aromatic heterocycles. The van der Waals surface area contributed by atoms with Crippen LogP contribution in [0, 0.1) is 0 Å². The summed E-state index contributed by atoms with van der Waals surface area (Å²) in [6.45, 7) is 4.99. The quantitative estimate of drug-likeness (QED) is 0.518. The van der Waals surface area contributed by atoms with E-state index in [9.17, 15) is 4.79 Å². The molecule has 1 atom stereocenters. The van der Waals surface area contributed by atoms with Crippen molar-refractivity contribution in [1.29, 1.82) is 0 Å². The Hall–Kier alpha value is -2.53. The Labute approximate surface area is 182 Å². The highest BCUT2D eigenvalue weighted by Crippen LogP contribution is 2.43. The first kappa shape index (κ1) is 19.4. The lowest BCUT2D eigenvalue weighted by Crippen LogP contribution is -2.37. The number of hydrogen-bond donors (Lipinski definition) is 1. The summed E-state index contributed by atoms with van der Waals surface area (Å²) in [4.78, 5) is 17.2. The lowest BCUT2D eigenvalue weighted by molar-refractivity contribution is 0.181. The summed E-state index contributed by atoms with van der Waals surface area (Å²) < 4.78 is 2.35. The van der Waals surface area contributed by atoms with Crippen LogP contribution in [0.15, 0.2) is 42.6 Å². The van der Waals surface area contributed by atoms with E-state index in [4.69, 9.17) is 0 Å². The lowest BCUT2D eigenvalue weighted by atomic mass is 9.95. The smallest absolute Gasteiger partial charge is 0.312 e. The number of benzene rings is 1. The van der Waals surface area contributed by atoms with E-state index in [0.29, 0.717) is 6.54 Å². The van der Waals surface area contributed by atoms with Crippen LogP contribution in [0.1, 0.15) is 66.4 Å². The molecule has 0 bridgehead atoms. The molecule has 3 aromatic rings. The first-order valence-electron chi connectivity index (χ1n) is 11.2. The number of hydrogen-bond acceptors (Lipinski definition) is 2. The predicted octanol–water partition coefficient (Wildman–Crippen LogP) is 6.48. The van der Waals surface area contributed by atoms with Crippen LogP contribution >= 0.6 is 11.3 Å². The van der Waals surface area contributed by atoms with Gasteiger partial charge in [-0.15, -0.1) is 11.3 Å². The zero-order valence-corrected chi connectivity index (χ0v) is 18.6. The molecule has 0 saturated heterocycles. The van der Waals surface area contributed by atoms with Crippen molar-refractivity contribution < 1.29 is 4.79 Å². The number of carbonyl (C=O) groups is 1. The Morgan fingerprint density at radius 3 is 2.77 bits per heavy atom. The fourth-order valence-electron chi connectivity index (χ4n) is 5.05. The summed E-state index contributed by atoms with van der Waals surface area (Å²) in [5.41, 5.74) is 6.18. The van der Waals surface area contributed by atoms with Crippen LogP contribution in [0.25, 0.3) is 5.00 Å². The van der Waals surface area contributed by atoms with Crippen molar-refractivity contribution in [3.05, 3.63) is 69.9 Å². The molecule has 1 aliphatic carbocycles. The zero-order valence-electron chi connectivity index (χ0n) is 17.8. The highest BCUT2D eigenvalue weighted by molar-refractivity contribution is 7.15. The van der Waals surface area contributed by atoms with Gasteiger partial charge in [0, 0.05) is 28.0 Å². The van der Waals surface area contributed by atoms with Gasteiger partial charge < -0.3 is 14.8 Å². The minimum atomic E-state index is -0.000825. The second-order valence-electron chi connectivity index (χ2n) is 8.29. The summed E-state index contributed by atoms with van der Waals surface area (Å²) in [6.07, 6.45) is 8.82. The van der Waals surface area contributed by atoms with Crippen LogP contribution in [-0.4, -0.2) is 15.5 Å². The molecular weight excluding hydrogens is 390 g/mol. The number of aryl methyl sites for hydroxylation is 2. The average Bonchev–Trinajstić information content (AvgIpc) is 3.36. The van der Waals surface area contributed by atoms with Crippen LogP contribution in [0.4, 0.5) is 10.5 Å². The van der Waals surface area contributed by atoms with Crippen molar-refractivity contribution >= 4 is 23.1 Å². The van der Waals surface area contributed by atoms with E-state index in [2.05, 4.69) is 53.0 Å². The maximum atomic E-state index is 13.6. The number of amides is 2. The third-order valence-electron chi connectivity index (χ3n) is 6.59. The molecule has 5 rings (SSSR count). The summed E-state index contributed by atoms with van der Waals surface area (Å²) >= 11 is 1.94. The summed E-state index contributed by atoms with van der Waals surface area (Å²) in [7, 11) is 0. The lowest BCUT2D eigenvalue weighted by Gasteiger charge is -2.30. The van der Waals surface area contributed by atoms with E-state index in [-0.39, 0.29) is 12.1 Å². The monoisotopic (exact) mass is 419 g/mol. The number of nitrogens with zero attached hydrogens (tertiary/aromatic N) is 2. The number of rotatable bonds is 3. The Morgan fingerprint density at radius 2 is 1.93 bits per heavy atom. The Bertz CT molecular complexity index is 1080. The molecule has 1 aromatic carbocycles. The molecule has 4 nitrogen and oxygen atoms in total. The van der Waals surface area contributed by atoms with Gasteiger partial charge in [0.25, 0.3) is 0 Å². The van der Waals surface area contributed by atoms with E-state index in [1.807, 2.05) is 29.5 Å². The third kappa shape index (κ3) is 3.16. The number of fused-ring (bicyclic) bond motifs is 5. The fourth-order valence-corrected chi connectivity index (χ4v) is 6.45. The fraction of sp³-hybridized carbons (Fsp3) is 0.400. The SMILES string of the molecule is CCc1ccccc1NC(=O)N1Cc2c(sc3c2CCCC3)-n2cccc2[C@@H]1CC. The first-order chi connectivity index (χ1) is 14.7. The molecule has 156 valence electrons. The van der Waals surface area contributed by atoms with Gasteiger partial charge in [-0.25, -0.2) is 4.79 Å². The molecule has 2 aliphatic rings. The molecule has 1 N–H and O–H groups in total. The van der Waals surface area contributed by atoms with Crippen LogP contribution in [-0.2, 0) is 25.8 Å². The first-order valence-corrected chi connectivity index (χ1v) is 12.0. The summed E-state index contributed by atoms with van der Waals surface area (Å²) in [5, 5.41) is 4.55. The topological polar surface area (TPSA) is 37.3 Å². The van der Waals surface area contributed by atoms with Gasteiger partial charge in [0.1, 0.15) is 5.00 Å². The van der Waals surface area contributed by atoms with E-state index < -0.39 is 0 Å². The van der Waals surface area contributed by atoms with E-state index in [1.54, 1.807) is 0 Å². The van der Waals surface area contributed by atoms with Crippen molar-refractivity contribution in [1.82, 2.24) is 9.47 Å². The van der Waals surface area contributed by atoms with Crippen molar-refractivity contribution in [2.24, 2.45) is 0 Å². The number of anilines is 1. The van der Waals surface area contributed by atoms with Gasteiger partial charge in [-0.3, -0.25) is 0 Å². The van der Waals surface area contributed by atoms with E-state index in [1.165, 1.54) is 51.5 Å². The Balaban J connectivity index is 1.57. The van der Waals surface area contributed by atoms with Gasteiger partial charge in [-0.2, -0.15) is 0 Å². The van der Waals surface area contributed by atoms with Crippen molar-refractivity contribution in [2.45, 2.75) is 65.0 Å². The number of nitrogens with one attached hydrogen (secondary N) is 1. The van der Waals surface area contributed by atoms with Gasteiger partial charge in [0.15, 0.2) is 0 Å². The second kappa shape index (κ2) is 7.95. The minimum Gasteiger partial charge on any atom is -0.312 e. The molecule has 3 heterocycles. The molecular formula is C25H29N3OS. The van der Waals surface area contributed by atoms with Crippen LogP contribution in [0.3, 0.4) is 0 Å². The number of carbonyl (C=O) groups excluding carboxylic acids is 1. The number of para-hydroxylation sites is 1. The molecule has 30 heavy (non-hydrogen) atoms. The zero-order chi connectivity index (χ0) is 20.7. The molecule has 5 heteroatoms. The van der Waals surface area contributed by atoms with Crippen LogP contribution in [0.5, 0.6) is 0 Å². The normalized spacial score (nSPS) is 17.7. The van der Waals surface area contributed by atoms with Gasteiger partial charge in [0.2, 0.25) is 0 Å². The van der Waals surface area contributed by atoms with Gasteiger partial charge in [-0.05, 0) is 67.9 Å². The highest BCUT2D eigenvalue weighted by atomic mass is 32.1. The number of thiophene rings is 1. The number of urea groups is 1. The van der Waals surface area contributed by atoms with Gasteiger partial charge in [0.05, 0.1) is 12.6 Å². The van der Waals surface area contributed by atoms with Gasteiger partial charge in [-0.1, -0.05) is 32.0 Å². The standard InChI is InChI=1S/C25H29N3OS/c1-3-17-10-5-7-12-20(17)26-25(29)28-16-19-18-11-6-8-14-23(18)30-24(19)27-15-9-13-22(27)21(28)4-2/h5,7,9-10,12-13,15,21H,3-4,6,8,11,14,16H2,1-2H3,(H,26,29)/t21-/m0/s1. The maximum absolute atomic E-state index is 13.6. The Kier molecular flexibility index (Phi) is 5.15. The summed E-state index contributed by atoms with van der Waals surface area (Å²) in [5.74, 6) is 0. The molecule has 2 amide bonds. The van der Waals surface area contributed by atoms with Gasteiger partial charge >= 0.3 is 6.03 Å². The number of aromatic nitrogens is 1. The van der Waals surface area contributed by atoms with E-state index >= 15 is 0 Å². The molecule has 0 fully saturated rings. The third-order valence-corrected chi connectivity index (χ3v) is 7.93. The van der Waals surface area contributed by atoms with Crippen LogP contribution < -0.4 is 5.32 Å². The Morgan fingerprint density at radius 1 is 1.10 bits per heavy atom. The predicted molar refractivity (Wildman–Crippen MR) is 124 cm³/mol. The molecule has 0 spiro atoms.